The lowest BCUT2D eigenvalue weighted by molar-refractivity contribution is 0.195. The minimum atomic E-state index is -0.198. The molecule has 40 heavy (non-hydrogen) atoms. The molecule has 5 heteroatoms. The Balaban J connectivity index is 0.000000289. The summed E-state index contributed by atoms with van der Waals surface area (Å²) in [7, 11) is 0. The molecule has 2 atom stereocenters. The van der Waals surface area contributed by atoms with Crippen LogP contribution in [0.15, 0.2) is 94.7 Å². The molecule has 1 aliphatic rings. The fraction of sp³-hybridized carbons (Fsp3) is 0.429. The highest BCUT2D eigenvalue weighted by Gasteiger charge is 2.18. The van der Waals surface area contributed by atoms with Crippen LogP contribution in [-0.4, -0.2) is 54.2 Å². The van der Waals surface area contributed by atoms with E-state index in [9.17, 15) is 5.11 Å². The maximum absolute atomic E-state index is 9.51. The van der Waals surface area contributed by atoms with Gasteiger partial charge in [-0.1, -0.05) is 103 Å². The van der Waals surface area contributed by atoms with Gasteiger partial charge >= 0.3 is 0 Å². The van der Waals surface area contributed by atoms with E-state index in [1.54, 1.807) is 11.8 Å². The molecule has 0 radical (unpaired) electrons. The number of thiol groups is 1. The van der Waals surface area contributed by atoms with Gasteiger partial charge in [0.15, 0.2) is 0 Å². The summed E-state index contributed by atoms with van der Waals surface area (Å²) in [6.07, 6.45) is 2.45. The van der Waals surface area contributed by atoms with Crippen molar-refractivity contribution in [2.24, 2.45) is 0 Å². The maximum Gasteiger partial charge on any atom is 0.0807 e. The van der Waals surface area contributed by atoms with Crippen molar-refractivity contribution in [2.45, 2.75) is 76.9 Å². The van der Waals surface area contributed by atoms with E-state index in [-0.39, 0.29) is 13.5 Å². The van der Waals surface area contributed by atoms with Crippen molar-refractivity contribution in [3.8, 4) is 0 Å². The second kappa shape index (κ2) is 20.8. The standard InChI is InChI=1S/C14H16OS.C10H8S.C6H15N.C4H8O.CH4/c1-2-13(15)10-16-14-8-7-11-5-3-4-6-12(11)9-14;11-10-6-5-8-3-1-2-4-9(8)7-10;1-4-7(5-2)6-3;1-2-4-3-5-4;/h3-9,13,15H,2,10H2,1H3;1-7,11H;4-6H2,1-3H3;4H,2-3H2,1H3;1H4/t13-;;;4-;/m1..1./s1. The Kier molecular flexibility index (Phi) is 18.7. The monoisotopic (exact) mass is 581 g/mol. The molecule has 1 saturated heterocycles. The fourth-order valence-corrected chi connectivity index (χ4v) is 4.93. The molecule has 0 unspecified atom stereocenters. The van der Waals surface area contributed by atoms with Gasteiger partial charge in [-0.05, 0) is 78.3 Å². The molecule has 0 aliphatic carbocycles. The topological polar surface area (TPSA) is 36.0 Å². The zero-order valence-electron chi connectivity index (χ0n) is 24.3. The van der Waals surface area contributed by atoms with Gasteiger partial charge < -0.3 is 14.7 Å². The van der Waals surface area contributed by atoms with Crippen LogP contribution >= 0.6 is 24.4 Å². The average Bonchev–Trinajstić information content (AvgIpc) is 3.83. The predicted molar refractivity (Wildman–Crippen MR) is 182 cm³/mol. The van der Waals surface area contributed by atoms with Crippen molar-refractivity contribution in [3.63, 3.8) is 0 Å². The van der Waals surface area contributed by atoms with E-state index in [1.165, 1.54) is 52.5 Å². The number of hydrogen-bond donors (Lipinski definition) is 2. The van der Waals surface area contributed by atoms with Crippen molar-refractivity contribution >= 4 is 45.9 Å². The summed E-state index contributed by atoms with van der Waals surface area (Å²) >= 11 is 5.98. The predicted octanol–water partition coefficient (Wildman–Crippen LogP) is 9.61. The van der Waals surface area contributed by atoms with Crippen LogP contribution in [-0.2, 0) is 4.74 Å². The first-order valence-electron chi connectivity index (χ1n) is 14.2. The molecule has 3 nitrogen and oxygen atoms in total. The minimum absolute atomic E-state index is 0. The Labute approximate surface area is 253 Å². The largest absolute Gasteiger partial charge is 0.392 e. The van der Waals surface area contributed by atoms with Gasteiger partial charge in [0.2, 0.25) is 0 Å². The lowest BCUT2D eigenvalue weighted by Crippen LogP contribution is -2.21. The number of rotatable bonds is 8. The first-order chi connectivity index (χ1) is 18.9. The molecule has 1 fully saturated rings. The van der Waals surface area contributed by atoms with Crippen molar-refractivity contribution in [2.75, 3.05) is 32.0 Å². The molecule has 0 saturated carbocycles. The van der Waals surface area contributed by atoms with Gasteiger partial charge in [0.1, 0.15) is 0 Å². The molecule has 0 bridgehead atoms. The van der Waals surface area contributed by atoms with Gasteiger partial charge in [-0.25, -0.2) is 0 Å². The normalized spacial score (nSPS) is 14.1. The molecule has 0 spiro atoms. The number of fused-ring (bicyclic) bond motifs is 2. The lowest BCUT2D eigenvalue weighted by atomic mass is 10.1. The SMILES string of the molecule is C.CCN(CC)CC.CC[C@@H](O)CSc1ccc2ccccc2c1.CC[C@@H]1CO1.Sc1ccc2ccccc2c1. The Morgan fingerprint density at radius 2 is 1.30 bits per heavy atom. The number of benzene rings is 4. The number of thioether (sulfide) groups is 1. The molecule has 0 amide bonds. The zero-order chi connectivity index (χ0) is 28.5. The van der Waals surface area contributed by atoms with Crippen molar-refractivity contribution in [1.29, 1.82) is 0 Å². The van der Waals surface area contributed by atoms with Crippen molar-refractivity contribution < 1.29 is 9.84 Å². The number of ether oxygens (including phenoxy) is 1. The molecule has 5 rings (SSSR count). The molecule has 0 aromatic heterocycles. The molecular weight excluding hydrogens is 531 g/mol. The van der Waals surface area contributed by atoms with Crippen LogP contribution in [0, 0.1) is 0 Å². The minimum Gasteiger partial charge on any atom is -0.392 e. The smallest absolute Gasteiger partial charge is 0.0807 e. The van der Waals surface area contributed by atoms with Gasteiger partial charge in [0.05, 0.1) is 18.8 Å². The summed E-state index contributed by atoms with van der Waals surface area (Å²) in [4.78, 5) is 4.62. The highest BCUT2D eigenvalue weighted by Crippen LogP contribution is 2.24. The molecular formula is C35H51NO2S2. The first kappa shape index (κ1) is 36.0. The van der Waals surface area contributed by atoms with Crippen LogP contribution < -0.4 is 0 Å². The zero-order valence-corrected chi connectivity index (χ0v) is 26.1. The van der Waals surface area contributed by atoms with Crippen LogP contribution in [0.5, 0.6) is 0 Å². The summed E-state index contributed by atoms with van der Waals surface area (Å²) < 4.78 is 4.86. The molecule has 1 aliphatic heterocycles. The molecule has 1 heterocycles. The summed E-state index contributed by atoms with van der Waals surface area (Å²) in [5.41, 5.74) is 0. The van der Waals surface area contributed by atoms with Crippen molar-refractivity contribution in [1.82, 2.24) is 4.90 Å². The van der Waals surface area contributed by atoms with E-state index in [1.807, 2.05) is 25.1 Å². The number of epoxide rings is 1. The summed E-state index contributed by atoms with van der Waals surface area (Å²) in [6, 6.07) is 29.2. The van der Waals surface area contributed by atoms with Crippen molar-refractivity contribution in [3.05, 3.63) is 84.9 Å². The molecule has 4 aromatic rings. The maximum atomic E-state index is 9.51. The van der Waals surface area contributed by atoms with E-state index >= 15 is 0 Å². The van der Waals surface area contributed by atoms with E-state index in [0.29, 0.717) is 6.10 Å². The Morgan fingerprint density at radius 1 is 0.800 bits per heavy atom. The quantitative estimate of drug-likeness (QED) is 0.123. The van der Waals surface area contributed by atoms with Gasteiger partial charge in [-0.3, -0.25) is 0 Å². The third-order valence-electron chi connectivity index (χ3n) is 6.57. The number of aliphatic hydroxyl groups excluding tert-OH is 1. The molecule has 220 valence electrons. The third kappa shape index (κ3) is 14.0. The Morgan fingerprint density at radius 3 is 1.73 bits per heavy atom. The van der Waals surface area contributed by atoms with Gasteiger partial charge in [-0.2, -0.15) is 0 Å². The summed E-state index contributed by atoms with van der Waals surface area (Å²) in [6.45, 7) is 15.3. The molecule has 4 aromatic carbocycles. The molecule has 1 N–H and O–H groups in total. The second-order valence-corrected chi connectivity index (χ2v) is 11.0. The number of hydrogen-bond acceptors (Lipinski definition) is 5. The van der Waals surface area contributed by atoms with Crippen LogP contribution in [0.25, 0.3) is 21.5 Å². The highest BCUT2D eigenvalue weighted by molar-refractivity contribution is 7.99. The summed E-state index contributed by atoms with van der Waals surface area (Å²) in [5.74, 6) is 0.773. The van der Waals surface area contributed by atoms with Crippen LogP contribution in [0.4, 0.5) is 0 Å². The highest BCUT2D eigenvalue weighted by atomic mass is 32.2. The van der Waals surface area contributed by atoms with Crippen LogP contribution in [0.1, 0.15) is 54.9 Å². The third-order valence-corrected chi connectivity index (χ3v) is 7.98. The lowest BCUT2D eigenvalue weighted by Gasteiger charge is -2.13. The van der Waals surface area contributed by atoms with E-state index in [2.05, 4.69) is 112 Å². The van der Waals surface area contributed by atoms with Gasteiger partial charge in [0.25, 0.3) is 0 Å². The Bertz CT molecular complexity index is 1200. The average molecular weight is 582 g/mol. The fourth-order valence-electron chi connectivity index (χ4n) is 3.72. The summed E-state index contributed by atoms with van der Waals surface area (Å²) in [5, 5.41) is 14.6. The van der Waals surface area contributed by atoms with Crippen LogP contribution in [0.3, 0.4) is 0 Å². The van der Waals surface area contributed by atoms with Crippen LogP contribution in [0.2, 0.25) is 0 Å². The van der Waals surface area contributed by atoms with E-state index in [4.69, 9.17) is 4.74 Å². The van der Waals surface area contributed by atoms with E-state index < -0.39 is 0 Å². The number of aliphatic hydroxyl groups is 1. The Hall–Kier alpha value is -2.02. The first-order valence-corrected chi connectivity index (χ1v) is 15.7. The second-order valence-electron chi connectivity index (χ2n) is 9.40. The van der Waals surface area contributed by atoms with Gasteiger partial charge in [-0.15, -0.1) is 24.4 Å². The van der Waals surface area contributed by atoms with Gasteiger partial charge in [0, 0.05) is 15.5 Å². The van der Waals surface area contributed by atoms with E-state index in [0.717, 1.165) is 23.7 Å². The number of nitrogens with zero attached hydrogens (tertiary/aromatic N) is 1.